The van der Waals surface area contributed by atoms with E-state index >= 15 is 0 Å². The predicted molar refractivity (Wildman–Crippen MR) is 102 cm³/mol. The molecule has 2 aromatic rings. The first-order valence-corrected chi connectivity index (χ1v) is 8.25. The maximum Gasteiger partial charge on any atom is 0.326 e. The van der Waals surface area contributed by atoms with E-state index in [4.69, 9.17) is 21.0 Å². The zero-order chi connectivity index (χ0) is 19.8. The Kier molecular flexibility index (Phi) is 6.76. The van der Waals surface area contributed by atoms with Crippen molar-refractivity contribution in [3.63, 3.8) is 0 Å². The number of anilines is 1. The summed E-state index contributed by atoms with van der Waals surface area (Å²) >= 11 is 0. The standard InChI is InChI=1S/C19H22N4O4/c1-12(24)22-17(18(25)26)10-13-5-7-16(8-6-13)27-11-14-3-2-4-15(9-14)23-19(20)21/h2-9,17H,10-11H2,1H3,(H,22,24)(H,25,26)(H4,20,21,23). The topological polar surface area (TPSA) is 138 Å². The van der Waals surface area contributed by atoms with Crippen LogP contribution < -0.4 is 21.1 Å². The largest absolute Gasteiger partial charge is 0.489 e. The Morgan fingerprint density at radius 3 is 2.48 bits per heavy atom. The van der Waals surface area contributed by atoms with Crippen molar-refractivity contribution in [2.45, 2.75) is 26.0 Å². The van der Waals surface area contributed by atoms with Crippen LogP contribution in [0.15, 0.2) is 48.5 Å². The normalized spacial score (nSPS) is 11.3. The predicted octanol–water partition coefficient (Wildman–Crippen LogP) is 1.70. The molecule has 2 aromatic carbocycles. The lowest BCUT2D eigenvalue weighted by Crippen LogP contribution is -2.41. The van der Waals surface area contributed by atoms with Gasteiger partial charge in [0, 0.05) is 19.0 Å². The molecule has 142 valence electrons. The number of aliphatic carboxylic acids is 1. The average molecular weight is 370 g/mol. The summed E-state index contributed by atoms with van der Waals surface area (Å²) in [6.07, 6.45) is 0.188. The number of nitrogens with two attached hydrogens (primary N) is 1. The SMILES string of the molecule is CC(=O)NC(Cc1ccc(OCc2cccc(NC(=N)N)c2)cc1)C(=O)O. The number of hydrogen-bond donors (Lipinski definition) is 5. The number of nitrogens with one attached hydrogen (secondary N) is 3. The van der Waals surface area contributed by atoms with Gasteiger partial charge in [-0.15, -0.1) is 0 Å². The summed E-state index contributed by atoms with van der Waals surface area (Å²) in [6.45, 7) is 1.62. The summed E-state index contributed by atoms with van der Waals surface area (Å²) in [7, 11) is 0. The fourth-order valence-corrected chi connectivity index (χ4v) is 2.46. The second kappa shape index (κ2) is 9.23. The van der Waals surface area contributed by atoms with Gasteiger partial charge in [0.25, 0.3) is 0 Å². The number of carboxylic acids is 1. The van der Waals surface area contributed by atoms with E-state index in [2.05, 4.69) is 10.6 Å². The van der Waals surface area contributed by atoms with Crippen LogP contribution in [0.25, 0.3) is 0 Å². The number of carbonyl (C=O) groups excluding carboxylic acids is 1. The lowest BCUT2D eigenvalue weighted by atomic mass is 10.1. The molecule has 0 radical (unpaired) electrons. The van der Waals surface area contributed by atoms with Crippen molar-refractivity contribution in [2.24, 2.45) is 5.73 Å². The number of benzene rings is 2. The van der Waals surface area contributed by atoms with Gasteiger partial charge in [0.2, 0.25) is 5.91 Å². The van der Waals surface area contributed by atoms with Crippen molar-refractivity contribution in [1.29, 1.82) is 5.41 Å². The van der Waals surface area contributed by atoms with E-state index in [0.717, 1.165) is 11.1 Å². The van der Waals surface area contributed by atoms with Crippen LogP contribution in [0.4, 0.5) is 5.69 Å². The van der Waals surface area contributed by atoms with E-state index in [9.17, 15) is 9.59 Å². The van der Waals surface area contributed by atoms with E-state index < -0.39 is 12.0 Å². The number of rotatable bonds is 8. The number of hydrogen-bond acceptors (Lipinski definition) is 4. The van der Waals surface area contributed by atoms with E-state index in [1.807, 2.05) is 18.2 Å². The minimum Gasteiger partial charge on any atom is -0.489 e. The van der Waals surface area contributed by atoms with E-state index in [0.29, 0.717) is 18.0 Å². The summed E-state index contributed by atoms with van der Waals surface area (Å²) in [5, 5.41) is 21.5. The van der Waals surface area contributed by atoms with E-state index in [-0.39, 0.29) is 18.3 Å². The van der Waals surface area contributed by atoms with Gasteiger partial charge >= 0.3 is 5.97 Å². The van der Waals surface area contributed by atoms with Gasteiger partial charge < -0.3 is 26.2 Å². The molecule has 0 aliphatic rings. The second-order valence-corrected chi connectivity index (χ2v) is 5.97. The zero-order valence-corrected chi connectivity index (χ0v) is 14.9. The minimum atomic E-state index is -1.08. The lowest BCUT2D eigenvalue weighted by Gasteiger charge is -2.14. The Balaban J connectivity index is 1.94. The highest BCUT2D eigenvalue weighted by atomic mass is 16.5. The molecule has 0 saturated heterocycles. The Hall–Kier alpha value is -3.55. The van der Waals surface area contributed by atoms with Crippen molar-refractivity contribution in [3.05, 3.63) is 59.7 Å². The van der Waals surface area contributed by atoms with Gasteiger partial charge in [-0.25, -0.2) is 4.79 Å². The van der Waals surface area contributed by atoms with Crippen molar-refractivity contribution >= 4 is 23.5 Å². The Morgan fingerprint density at radius 1 is 1.19 bits per heavy atom. The third-order valence-electron chi connectivity index (χ3n) is 3.65. The molecule has 0 bridgehead atoms. The number of guanidine groups is 1. The molecule has 8 heteroatoms. The molecule has 0 heterocycles. The Morgan fingerprint density at radius 2 is 1.89 bits per heavy atom. The van der Waals surface area contributed by atoms with Gasteiger partial charge in [-0.05, 0) is 35.4 Å². The van der Waals surface area contributed by atoms with Gasteiger partial charge in [0.1, 0.15) is 18.4 Å². The van der Waals surface area contributed by atoms with Gasteiger partial charge in [0.05, 0.1) is 0 Å². The van der Waals surface area contributed by atoms with Crippen molar-refractivity contribution in [1.82, 2.24) is 5.32 Å². The molecule has 1 atom stereocenters. The molecule has 0 fully saturated rings. The van der Waals surface area contributed by atoms with Crippen LogP contribution in [-0.2, 0) is 22.6 Å². The van der Waals surface area contributed by atoms with Gasteiger partial charge in [-0.1, -0.05) is 24.3 Å². The summed E-state index contributed by atoms with van der Waals surface area (Å²) in [5.74, 6) is -0.967. The Bertz CT molecular complexity index is 821. The lowest BCUT2D eigenvalue weighted by molar-refractivity contribution is -0.141. The second-order valence-electron chi connectivity index (χ2n) is 5.97. The molecular weight excluding hydrogens is 348 g/mol. The molecule has 0 aliphatic heterocycles. The number of ether oxygens (including phenoxy) is 1. The molecule has 1 amide bonds. The van der Waals surface area contributed by atoms with Crippen LogP contribution >= 0.6 is 0 Å². The maximum atomic E-state index is 11.2. The highest BCUT2D eigenvalue weighted by molar-refractivity contribution is 5.89. The number of carbonyl (C=O) groups is 2. The highest BCUT2D eigenvalue weighted by Crippen LogP contribution is 2.17. The monoisotopic (exact) mass is 370 g/mol. The molecule has 0 aliphatic carbocycles. The van der Waals surface area contributed by atoms with Gasteiger partial charge in [-0.3, -0.25) is 10.2 Å². The molecule has 2 rings (SSSR count). The van der Waals surface area contributed by atoms with E-state index in [1.165, 1.54) is 6.92 Å². The van der Waals surface area contributed by atoms with E-state index in [1.54, 1.807) is 30.3 Å². The molecule has 27 heavy (non-hydrogen) atoms. The maximum absolute atomic E-state index is 11.2. The molecular formula is C19H22N4O4. The number of carboxylic acid groups (broad SMARTS) is 1. The third kappa shape index (κ3) is 6.69. The summed E-state index contributed by atoms with van der Waals surface area (Å²) in [4.78, 5) is 22.3. The molecule has 0 saturated carbocycles. The van der Waals surface area contributed by atoms with Crippen LogP contribution in [0.3, 0.4) is 0 Å². The fourth-order valence-electron chi connectivity index (χ4n) is 2.46. The van der Waals surface area contributed by atoms with Crippen molar-refractivity contribution < 1.29 is 19.4 Å². The summed E-state index contributed by atoms with van der Waals surface area (Å²) in [5.41, 5.74) is 7.70. The van der Waals surface area contributed by atoms with Gasteiger partial charge in [0.15, 0.2) is 5.96 Å². The van der Waals surface area contributed by atoms with Crippen LogP contribution in [-0.4, -0.2) is 29.0 Å². The van der Waals surface area contributed by atoms with Crippen LogP contribution in [0.5, 0.6) is 5.75 Å². The molecule has 0 spiro atoms. The smallest absolute Gasteiger partial charge is 0.326 e. The summed E-state index contributed by atoms with van der Waals surface area (Å²) < 4.78 is 5.73. The molecule has 6 N–H and O–H groups in total. The summed E-state index contributed by atoms with van der Waals surface area (Å²) in [6, 6.07) is 13.4. The van der Waals surface area contributed by atoms with Crippen molar-refractivity contribution in [3.8, 4) is 5.75 Å². The average Bonchev–Trinajstić information content (AvgIpc) is 2.60. The first-order chi connectivity index (χ1) is 12.8. The highest BCUT2D eigenvalue weighted by Gasteiger charge is 2.18. The first-order valence-electron chi connectivity index (χ1n) is 8.25. The molecule has 0 aromatic heterocycles. The van der Waals surface area contributed by atoms with Crippen molar-refractivity contribution in [2.75, 3.05) is 5.32 Å². The van der Waals surface area contributed by atoms with Crippen LogP contribution in [0.1, 0.15) is 18.1 Å². The molecule has 8 nitrogen and oxygen atoms in total. The third-order valence-corrected chi connectivity index (χ3v) is 3.65. The van der Waals surface area contributed by atoms with Gasteiger partial charge in [-0.2, -0.15) is 0 Å². The first kappa shape index (κ1) is 19.8. The minimum absolute atomic E-state index is 0.136. The van der Waals surface area contributed by atoms with Crippen LogP contribution in [0, 0.1) is 5.41 Å². The molecule has 1 unspecified atom stereocenters. The Labute approximate surface area is 156 Å². The number of amides is 1. The van der Waals surface area contributed by atoms with Crippen LogP contribution in [0.2, 0.25) is 0 Å². The fraction of sp³-hybridized carbons (Fsp3) is 0.211. The zero-order valence-electron chi connectivity index (χ0n) is 14.9. The quantitative estimate of drug-likeness (QED) is 0.354.